The van der Waals surface area contributed by atoms with Crippen molar-refractivity contribution in [2.24, 2.45) is 0 Å². The molecule has 17 heavy (non-hydrogen) atoms. The molecule has 3 aromatic rings. The van der Waals surface area contributed by atoms with Crippen molar-refractivity contribution in [2.45, 2.75) is 6.61 Å². The second-order valence-electron chi connectivity index (χ2n) is 4.37. The molecule has 1 N–H and O–H groups in total. The molecule has 82 valence electrons. The smallest absolute Gasteiger partial charge is 0.138 e. The molecule has 0 atom stereocenters. The SMILES string of the molecule is Oc1cc2c(ccc3ccccc32)c2c1CO2. The lowest BCUT2D eigenvalue weighted by Gasteiger charge is -2.23. The highest BCUT2D eigenvalue weighted by atomic mass is 16.5. The Bertz CT molecular complexity index is 760. The lowest BCUT2D eigenvalue weighted by atomic mass is 9.97. The number of ether oxygens (including phenoxy) is 1. The minimum absolute atomic E-state index is 0.343. The minimum Gasteiger partial charge on any atom is -0.507 e. The van der Waals surface area contributed by atoms with E-state index in [0.717, 1.165) is 27.5 Å². The summed E-state index contributed by atoms with van der Waals surface area (Å²) in [5.74, 6) is 1.18. The quantitative estimate of drug-likeness (QED) is 0.589. The third-order valence-electron chi connectivity index (χ3n) is 3.44. The van der Waals surface area contributed by atoms with Crippen LogP contribution in [0.5, 0.6) is 11.5 Å². The van der Waals surface area contributed by atoms with Crippen LogP contribution in [0.2, 0.25) is 0 Å². The zero-order chi connectivity index (χ0) is 11.4. The third kappa shape index (κ3) is 1.04. The van der Waals surface area contributed by atoms with Crippen LogP contribution in [0.3, 0.4) is 0 Å². The molecular formula is C15H10O2. The molecule has 0 saturated heterocycles. The second-order valence-corrected chi connectivity index (χ2v) is 4.37. The van der Waals surface area contributed by atoms with Gasteiger partial charge in [-0.05, 0) is 28.3 Å². The van der Waals surface area contributed by atoms with Crippen LogP contribution >= 0.6 is 0 Å². The van der Waals surface area contributed by atoms with E-state index >= 15 is 0 Å². The van der Waals surface area contributed by atoms with E-state index in [1.807, 2.05) is 18.2 Å². The summed E-state index contributed by atoms with van der Waals surface area (Å²) in [5, 5.41) is 14.4. The molecule has 1 aliphatic rings. The standard InChI is InChI=1S/C15H10O2/c16-14-7-12-10-4-2-1-3-9(10)5-6-11(12)15-13(14)8-17-15/h1-7,16H,8H2. The van der Waals surface area contributed by atoms with Crippen molar-refractivity contribution in [3.8, 4) is 11.5 Å². The fourth-order valence-corrected chi connectivity index (χ4v) is 2.52. The number of phenols is 1. The molecular weight excluding hydrogens is 212 g/mol. The number of hydrogen-bond acceptors (Lipinski definition) is 2. The Labute approximate surface area is 98.1 Å². The van der Waals surface area contributed by atoms with Crippen LogP contribution in [-0.2, 0) is 6.61 Å². The lowest BCUT2D eigenvalue weighted by molar-refractivity contribution is 0.238. The molecule has 0 amide bonds. The van der Waals surface area contributed by atoms with E-state index in [2.05, 4.69) is 24.3 Å². The molecule has 0 aromatic heterocycles. The molecule has 1 heterocycles. The number of aromatic hydroxyl groups is 1. The minimum atomic E-state index is 0.343. The average molecular weight is 222 g/mol. The number of rotatable bonds is 0. The van der Waals surface area contributed by atoms with Crippen LogP contribution in [0.15, 0.2) is 42.5 Å². The Kier molecular flexibility index (Phi) is 1.52. The summed E-state index contributed by atoms with van der Waals surface area (Å²) in [6.45, 7) is 0.518. The van der Waals surface area contributed by atoms with E-state index in [-0.39, 0.29) is 0 Å². The summed E-state index contributed by atoms with van der Waals surface area (Å²) in [4.78, 5) is 0. The predicted molar refractivity (Wildman–Crippen MR) is 67.5 cm³/mol. The first-order valence-electron chi connectivity index (χ1n) is 5.64. The topological polar surface area (TPSA) is 29.5 Å². The summed E-state index contributed by atoms with van der Waals surface area (Å²) >= 11 is 0. The first kappa shape index (κ1) is 8.88. The van der Waals surface area contributed by atoms with Gasteiger partial charge in [-0.25, -0.2) is 0 Å². The van der Waals surface area contributed by atoms with Crippen LogP contribution in [-0.4, -0.2) is 5.11 Å². The Hall–Kier alpha value is -2.22. The molecule has 1 aliphatic heterocycles. The van der Waals surface area contributed by atoms with Gasteiger partial charge in [-0.2, -0.15) is 0 Å². The van der Waals surface area contributed by atoms with Gasteiger partial charge >= 0.3 is 0 Å². The van der Waals surface area contributed by atoms with Crippen LogP contribution in [0.4, 0.5) is 0 Å². The summed E-state index contributed by atoms with van der Waals surface area (Å²) in [6, 6.07) is 14.2. The summed E-state index contributed by atoms with van der Waals surface area (Å²) in [7, 11) is 0. The zero-order valence-corrected chi connectivity index (χ0v) is 9.10. The van der Waals surface area contributed by atoms with Gasteiger partial charge in [-0.15, -0.1) is 0 Å². The normalized spacial score (nSPS) is 13.2. The van der Waals surface area contributed by atoms with Gasteiger partial charge in [0, 0.05) is 5.39 Å². The first-order chi connectivity index (χ1) is 8.34. The van der Waals surface area contributed by atoms with Gasteiger partial charge in [0.05, 0.1) is 5.56 Å². The highest BCUT2D eigenvalue weighted by molar-refractivity contribution is 6.10. The highest BCUT2D eigenvalue weighted by Crippen LogP contribution is 2.44. The number of fused-ring (bicyclic) bond motifs is 5. The maximum absolute atomic E-state index is 9.93. The van der Waals surface area contributed by atoms with Crippen molar-refractivity contribution in [2.75, 3.05) is 0 Å². The molecule has 0 fully saturated rings. The first-order valence-corrected chi connectivity index (χ1v) is 5.64. The van der Waals surface area contributed by atoms with Gasteiger partial charge in [0.1, 0.15) is 18.1 Å². The summed E-state index contributed by atoms with van der Waals surface area (Å²) in [5.41, 5.74) is 0.924. The van der Waals surface area contributed by atoms with E-state index in [1.54, 1.807) is 0 Å². The van der Waals surface area contributed by atoms with Crippen LogP contribution < -0.4 is 4.74 Å². The fraction of sp³-hybridized carbons (Fsp3) is 0.0667. The highest BCUT2D eigenvalue weighted by Gasteiger charge is 2.23. The van der Waals surface area contributed by atoms with Gasteiger partial charge in [-0.1, -0.05) is 30.3 Å². The van der Waals surface area contributed by atoms with Gasteiger partial charge in [0.2, 0.25) is 0 Å². The molecule has 0 spiro atoms. The molecule has 0 radical (unpaired) electrons. The molecule has 3 aromatic carbocycles. The lowest BCUT2D eigenvalue weighted by Crippen LogP contribution is -2.10. The van der Waals surface area contributed by atoms with Crippen molar-refractivity contribution in [1.82, 2.24) is 0 Å². The monoisotopic (exact) mass is 222 g/mol. The summed E-state index contributed by atoms with van der Waals surface area (Å²) in [6.07, 6.45) is 0. The second kappa shape index (κ2) is 2.92. The molecule has 2 heteroatoms. The van der Waals surface area contributed by atoms with Gasteiger partial charge in [-0.3, -0.25) is 0 Å². The average Bonchev–Trinajstić information content (AvgIpc) is 2.29. The van der Waals surface area contributed by atoms with Crippen molar-refractivity contribution in [1.29, 1.82) is 0 Å². The molecule has 2 nitrogen and oxygen atoms in total. The van der Waals surface area contributed by atoms with E-state index in [0.29, 0.717) is 12.4 Å². The van der Waals surface area contributed by atoms with Crippen molar-refractivity contribution in [3.05, 3.63) is 48.0 Å². The number of hydrogen-bond donors (Lipinski definition) is 1. The Morgan fingerprint density at radius 1 is 0.941 bits per heavy atom. The van der Waals surface area contributed by atoms with E-state index < -0.39 is 0 Å². The third-order valence-corrected chi connectivity index (χ3v) is 3.44. The number of phenolic OH excluding ortho intramolecular Hbond substituents is 1. The van der Waals surface area contributed by atoms with E-state index in [4.69, 9.17) is 4.74 Å². The van der Waals surface area contributed by atoms with Gasteiger partial charge in [0.25, 0.3) is 0 Å². The Balaban J connectivity index is 2.27. The molecule has 0 saturated carbocycles. The largest absolute Gasteiger partial charge is 0.507 e. The number of benzene rings is 3. The predicted octanol–water partition coefficient (Wildman–Crippen LogP) is 3.59. The van der Waals surface area contributed by atoms with Gasteiger partial charge < -0.3 is 9.84 Å². The molecule has 0 aliphatic carbocycles. The molecule has 0 bridgehead atoms. The van der Waals surface area contributed by atoms with Gasteiger partial charge in [0.15, 0.2) is 0 Å². The molecule has 0 unspecified atom stereocenters. The zero-order valence-electron chi connectivity index (χ0n) is 9.10. The van der Waals surface area contributed by atoms with Crippen LogP contribution in [0, 0.1) is 0 Å². The van der Waals surface area contributed by atoms with Crippen LogP contribution in [0.25, 0.3) is 21.5 Å². The van der Waals surface area contributed by atoms with Crippen molar-refractivity contribution < 1.29 is 9.84 Å². The van der Waals surface area contributed by atoms with E-state index in [9.17, 15) is 5.11 Å². The van der Waals surface area contributed by atoms with E-state index in [1.165, 1.54) is 5.39 Å². The van der Waals surface area contributed by atoms with Crippen molar-refractivity contribution >= 4 is 21.5 Å². The fourth-order valence-electron chi connectivity index (χ4n) is 2.52. The van der Waals surface area contributed by atoms with Crippen molar-refractivity contribution in [3.63, 3.8) is 0 Å². The maximum atomic E-state index is 9.93. The summed E-state index contributed by atoms with van der Waals surface area (Å²) < 4.78 is 5.46. The Morgan fingerprint density at radius 3 is 2.65 bits per heavy atom. The molecule has 4 rings (SSSR count). The van der Waals surface area contributed by atoms with Crippen LogP contribution in [0.1, 0.15) is 5.56 Å². The maximum Gasteiger partial charge on any atom is 0.138 e. The Morgan fingerprint density at radius 2 is 1.82 bits per heavy atom.